The first kappa shape index (κ1) is 15.6. The third-order valence-electron chi connectivity index (χ3n) is 2.56. The Labute approximate surface area is 127 Å². The summed E-state index contributed by atoms with van der Waals surface area (Å²) in [6.45, 7) is -0.328. The number of rotatable bonds is 5. The summed E-state index contributed by atoms with van der Waals surface area (Å²) in [7, 11) is -4.15. The minimum atomic E-state index is -4.15. The van der Waals surface area contributed by atoms with Gasteiger partial charge in [-0.15, -0.1) is 0 Å². The molecule has 1 aromatic heterocycles. The number of hydrogen-bond acceptors (Lipinski definition) is 4. The Morgan fingerprint density at radius 2 is 2.19 bits per heavy atom. The molecule has 0 bridgehead atoms. The van der Waals surface area contributed by atoms with Gasteiger partial charge in [0.05, 0.1) is 6.20 Å². The summed E-state index contributed by atoms with van der Waals surface area (Å²) in [5.74, 6) is -2.01. The Morgan fingerprint density at radius 1 is 1.48 bits per heavy atom. The van der Waals surface area contributed by atoms with Crippen molar-refractivity contribution in [3.8, 4) is 0 Å². The summed E-state index contributed by atoms with van der Waals surface area (Å²) in [4.78, 5) is 10.9. The van der Waals surface area contributed by atoms with Gasteiger partial charge in [0.15, 0.2) is 5.03 Å². The number of H-pyrrole nitrogens is 1. The molecule has 1 heterocycles. The zero-order valence-corrected chi connectivity index (χ0v) is 12.7. The molecule has 21 heavy (non-hydrogen) atoms. The fourth-order valence-corrected chi connectivity index (χ4v) is 3.06. The van der Waals surface area contributed by atoms with Gasteiger partial charge in [-0.2, -0.15) is 5.10 Å². The second-order valence-electron chi connectivity index (χ2n) is 3.98. The molecule has 0 aliphatic rings. The molecule has 7 nitrogen and oxygen atoms in total. The lowest BCUT2D eigenvalue weighted by molar-refractivity contribution is 0.0692. The number of nitrogens with one attached hydrogen (secondary N) is 2. The first-order chi connectivity index (χ1) is 9.81. The van der Waals surface area contributed by atoms with E-state index in [1.54, 1.807) is 0 Å². The van der Waals surface area contributed by atoms with E-state index in [1.165, 1.54) is 18.2 Å². The van der Waals surface area contributed by atoms with E-state index in [2.05, 4.69) is 30.8 Å². The minimum Gasteiger partial charge on any atom is -0.478 e. The summed E-state index contributed by atoms with van der Waals surface area (Å²) in [6.07, 6.45) is 0.886. The number of halogens is 2. The standard InChI is InChI=1S/C11H9BrFN3O4S/c12-7-1-2-9(13)6(3-7)4-15-21(19,20)10-8(11(17)18)5-14-16-10/h1-3,5,15H,4H2,(H,14,16)(H,17,18). The van der Waals surface area contributed by atoms with Crippen LogP contribution in [0.1, 0.15) is 15.9 Å². The number of benzene rings is 1. The maximum absolute atomic E-state index is 13.5. The SMILES string of the molecule is O=C(O)c1cn[nH]c1S(=O)(=O)NCc1cc(Br)ccc1F. The van der Waals surface area contributed by atoms with Gasteiger partial charge < -0.3 is 5.11 Å². The molecule has 0 atom stereocenters. The van der Waals surface area contributed by atoms with E-state index >= 15 is 0 Å². The van der Waals surface area contributed by atoms with Crippen LogP contribution >= 0.6 is 15.9 Å². The molecule has 1 aromatic carbocycles. The molecule has 0 spiro atoms. The number of hydrogen-bond donors (Lipinski definition) is 3. The first-order valence-corrected chi connectivity index (χ1v) is 7.79. The normalized spacial score (nSPS) is 11.5. The lowest BCUT2D eigenvalue weighted by Crippen LogP contribution is -2.25. The Bertz CT molecular complexity index is 791. The van der Waals surface area contributed by atoms with Gasteiger partial charge in [0.1, 0.15) is 11.4 Å². The molecule has 2 rings (SSSR count). The van der Waals surface area contributed by atoms with Crippen LogP contribution in [0.25, 0.3) is 0 Å². The second-order valence-corrected chi connectivity index (χ2v) is 6.60. The van der Waals surface area contributed by atoms with Crippen LogP contribution in [0.3, 0.4) is 0 Å². The van der Waals surface area contributed by atoms with Crippen molar-refractivity contribution in [2.45, 2.75) is 11.6 Å². The topological polar surface area (TPSA) is 112 Å². The van der Waals surface area contributed by atoms with E-state index in [0.29, 0.717) is 4.47 Å². The number of aromatic carboxylic acids is 1. The molecular weight excluding hydrogens is 369 g/mol. The van der Waals surface area contributed by atoms with E-state index in [0.717, 1.165) is 6.20 Å². The molecule has 0 saturated carbocycles. The van der Waals surface area contributed by atoms with Crippen molar-refractivity contribution in [1.82, 2.24) is 14.9 Å². The van der Waals surface area contributed by atoms with Gasteiger partial charge in [0.2, 0.25) is 0 Å². The molecule has 112 valence electrons. The number of aromatic nitrogens is 2. The smallest absolute Gasteiger partial charge is 0.340 e. The molecule has 3 N–H and O–H groups in total. The summed E-state index contributed by atoms with van der Waals surface area (Å²) in [5, 5.41) is 13.8. The minimum absolute atomic E-state index is 0.115. The molecule has 0 aliphatic carbocycles. The molecular formula is C11H9BrFN3O4S. The second kappa shape index (κ2) is 5.92. The fraction of sp³-hybridized carbons (Fsp3) is 0.0909. The number of carboxylic acids is 1. The summed E-state index contributed by atoms with van der Waals surface area (Å²) >= 11 is 3.15. The van der Waals surface area contributed by atoms with Gasteiger partial charge in [0, 0.05) is 16.6 Å². The molecule has 2 aromatic rings. The quantitative estimate of drug-likeness (QED) is 0.730. The maximum Gasteiger partial charge on any atom is 0.340 e. The predicted molar refractivity (Wildman–Crippen MR) is 73.7 cm³/mol. The lowest BCUT2D eigenvalue weighted by atomic mass is 10.2. The zero-order chi connectivity index (χ0) is 15.6. The largest absolute Gasteiger partial charge is 0.478 e. The Morgan fingerprint density at radius 3 is 2.86 bits per heavy atom. The van der Waals surface area contributed by atoms with Crippen LogP contribution in [0.5, 0.6) is 0 Å². The van der Waals surface area contributed by atoms with Crippen molar-refractivity contribution in [3.05, 3.63) is 45.8 Å². The average Bonchev–Trinajstić information content (AvgIpc) is 2.90. The third-order valence-corrected chi connectivity index (χ3v) is 4.43. The van der Waals surface area contributed by atoms with E-state index in [1.807, 2.05) is 0 Å². The highest BCUT2D eigenvalue weighted by Gasteiger charge is 2.24. The van der Waals surface area contributed by atoms with Gasteiger partial charge in [-0.25, -0.2) is 22.3 Å². The fourth-order valence-electron chi connectivity index (χ4n) is 1.56. The van der Waals surface area contributed by atoms with Gasteiger partial charge in [-0.1, -0.05) is 15.9 Å². The Hall–Kier alpha value is -1.78. The number of carboxylic acid groups (broad SMARTS) is 1. The molecule has 0 saturated heterocycles. The number of sulfonamides is 1. The molecule has 0 radical (unpaired) electrons. The van der Waals surface area contributed by atoms with Crippen LogP contribution in [-0.4, -0.2) is 29.7 Å². The van der Waals surface area contributed by atoms with E-state index in [9.17, 15) is 17.6 Å². The van der Waals surface area contributed by atoms with Crippen LogP contribution in [0, 0.1) is 5.82 Å². The highest BCUT2D eigenvalue weighted by Crippen LogP contribution is 2.17. The number of aromatic amines is 1. The van der Waals surface area contributed by atoms with Gasteiger partial charge >= 0.3 is 5.97 Å². The monoisotopic (exact) mass is 377 g/mol. The number of nitrogens with zero attached hydrogens (tertiary/aromatic N) is 1. The summed E-state index contributed by atoms with van der Waals surface area (Å²) in [6, 6.07) is 4.08. The van der Waals surface area contributed by atoms with Gasteiger partial charge in [0.25, 0.3) is 10.0 Å². The van der Waals surface area contributed by atoms with Crippen LogP contribution in [0.4, 0.5) is 4.39 Å². The zero-order valence-electron chi connectivity index (χ0n) is 10.3. The van der Waals surface area contributed by atoms with Crippen molar-refractivity contribution in [3.63, 3.8) is 0 Å². The third kappa shape index (κ3) is 3.46. The van der Waals surface area contributed by atoms with Crippen molar-refractivity contribution >= 4 is 31.9 Å². The number of carbonyl (C=O) groups is 1. The van der Waals surface area contributed by atoms with Crippen molar-refractivity contribution in [2.75, 3.05) is 0 Å². The van der Waals surface area contributed by atoms with Crippen molar-refractivity contribution in [1.29, 1.82) is 0 Å². The highest BCUT2D eigenvalue weighted by atomic mass is 79.9. The Balaban J connectivity index is 2.24. The van der Waals surface area contributed by atoms with Crippen molar-refractivity contribution in [2.24, 2.45) is 0 Å². The Kier molecular flexibility index (Phi) is 4.40. The summed E-state index contributed by atoms with van der Waals surface area (Å²) < 4.78 is 40.2. The van der Waals surface area contributed by atoms with Crippen molar-refractivity contribution < 1.29 is 22.7 Å². The van der Waals surface area contributed by atoms with Crippen LogP contribution in [-0.2, 0) is 16.6 Å². The van der Waals surface area contributed by atoms with Crippen LogP contribution in [0.15, 0.2) is 33.9 Å². The first-order valence-electron chi connectivity index (χ1n) is 5.51. The molecule has 0 amide bonds. The average molecular weight is 378 g/mol. The van der Waals surface area contributed by atoms with Crippen LogP contribution < -0.4 is 4.72 Å². The van der Waals surface area contributed by atoms with E-state index in [-0.39, 0.29) is 12.1 Å². The molecule has 0 fully saturated rings. The maximum atomic E-state index is 13.5. The predicted octanol–water partition coefficient (Wildman–Crippen LogP) is 1.49. The molecule has 10 heteroatoms. The molecule has 0 aliphatic heterocycles. The molecule has 0 unspecified atom stereocenters. The lowest BCUT2D eigenvalue weighted by Gasteiger charge is -2.07. The highest BCUT2D eigenvalue weighted by molar-refractivity contribution is 9.10. The summed E-state index contributed by atoms with van der Waals surface area (Å²) in [5.41, 5.74) is -0.374. The van der Waals surface area contributed by atoms with Crippen LogP contribution in [0.2, 0.25) is 0 Å². The van der Waals surface area contributed by atoms with E-state index in [4.69, 9.17) is 5.11 Å². The van der Waals surface area contributed by atoms with Gasteiger partial charge in [-0.05, 0) is 18.2 Å². The van der Waals surface area contributed by atoms with E-state index < -0.39 is 32.4 Å². The van der Waals surface area contributed by atoms with Gasteiger partial charge in [-0.3, -0.25) is 5.10 Å².